The lowest BCUT2D eigenvalue weighted by molar-refractivity contribution is -0.132. The van der Waals surface area contributed by atoms with Crippen LogP contribution in [0.2, 0.25) is 0 Å². The third-order valence-electron chi connectivity index (χ3n) is 7.88. The largest absolute Gasteiger partial charge is 0.350 e. The summed E-state index contributed by atoms with van der Waals surface area (Å²) < 4.78 is 83.4. The Balaban J connectivity index is 1.21. The lowest BCUT2D eigenvalue weighted by Gasteiger charge is -2.28. The molecule has 1 heterocycles. The molecule has 0 spiro atoms. The molecule has 0 bridgehead atoms. The summed E-state index contributed by atoms with van der Waals surface area (Å²) >= 11 is 0. The van der Waals surface area contributed by atoms with Crippen molar-refractivity contribution in [2.75, 3.05) is 13.1 Å². The number of nitrogens with two attached hydrogens (primary N) is 1. The van der Waals surface area contributed by atoms with E-state index in [0.29, 0.717) is 68.3 Å². The van der Waals surface area contributed by atoms with Crippen LogP contribution < -0.4 is 15.8 Å². The van der Waals surface area contributed by atoms with Gasteiger partial charge in [0.15, 0.2) is 11.6 Å². The molecule has 2 aliphatic carbocycles. The first-order valence-corrected chi connectivity index (χ1v) is 14.8. The Morgan fingerprint density at radius 3 is 2.42 bits per heavy atom. The number of amides is 2. The third-order valence-corrected chi connectivity index (χ3v) is 9.42. The van der Waals surface area contributed by atoms with Crippen molar-refractivity contribution in [3.63, 3.8) is 0 Å². The van der Waals surface area contributed by atoms with Gasteiger partial charge in [0.05, 0.1) is 5.56 Å². The molecule has 3 unspecified atom stereocenters. The number of hydrogen-bond donors (Lipinski definition) is 3. The molecular formula is C27H30F4N4O4S. The number of halogens is 4. The summed E-state index contributed by atoms with van der Waals surface area (Å²) in [5.74, 6) is -5.87. The lowest BCUT2D eigenvalue weighted by Crippen LogP contribution is -2.45. The van der Waals surface area contributed by atoms with Crippen molar-refractivity contribution in [2.45, 2.75) is 73.9 Å². The number of fused-ring (bicyclic) bond motifs is 1. The van der Waals surface area contributed by atoms with E-state index in [2.05, 4.69) is 10.0 Å². The highest BCUT2D eigenvalue weighted by molar-refractivity contribution is 7.89. The van der Waals surface area contributed by atoms with E-state index in [-0.39, 0.29) is 30.8 Å². The van der Waals surface area contributed by atoms with Gasteiger partial charge in [-0.05, 0) is 67.9 Å². The van der Waals surface area contributed by atoms with Crippen molar-refractivity contribution in [1.29, 1.82) is 0 Å². The predicted molar refractivity (Wildman–Crippen MR) is 137 cm³/mol. The molecular weight excluding hydrogens is 552 g/mol. The van der Waals surface area contributed by atoms with Crippen LogP contribution in [0.3, 0.4) is 0 Å². The molecule has 2 amide bonds. The number of hydrogen-bond acceptors (Lipinski definition) is 5. The molecule has 0 radical (unpaired) electrons. The number of carbonyl (C=O) groups is 2. The summed E-state index contributed by atoms with van der Waals surface area (Å²) in [6.45, 7) is 0.392. The van der Waals surface area contributed by atoms with Gasteiger partial charge in [0.25, 0.3) is 5.91 Å². The topological polar surface area (TPSA) is 122 Å². The fraction of sp³-hybridized carbons (Fsp3) is 0.481. The fourth-order valence-corrected chi connectivity index (χ4v) is 7.00. The number of rotatable bonds is 9. The SMILES string of the molecule is NC(CC(=O)N1CCCC1CNC(=O)c1cc(S(=O)(=O)NC2CC2)c(F)cc1F)C1CCc2cc(F)c(F)cc21. The molecule has 0 aromatic heterocycles. The molecule has 2 aromatic carbocycles. The first-order chi connectivity index (χ1) is 18.9. The summed E-state index contributed by atoms with van der Waals surface area (Å²) in [7, 11) is -4.27. The van der Waals surface area contributed by atoms with Crippen molar-refractivity contribution in [3.05, 3.63) is 64.2 Å². The van der Waals surface area contributed by atoms with Crippen LogP contribution in [0.4, 0.5) is 17.6 Å². The van der Waals surface area contributed by atoms with Crippen molar-refractivity contribution < 1.29 is 35.6 Å². The van der Waals surface area contributed by atoms with Gasteiger partial charge in [0.1, 0.15) is 16.5 Å². The van der Waals surface area contributed by atoms with Gasteiger partial charge < -0.3 is 16.0 Å². The number of aryl methyl sites for hydroxylation is 1. The number of sulfonamides is 1. The van der Waals surface area contributed by atoms with Crippen LogP contribution in [0.5, 0.6) is 0 Å². The minimum absolute atomic E-state index is 0.0320. The second-order valence-electron chi connectivity index (χ2n) is 10.7. The minimum atomic E-state index is -4.27. The van der Waals surface area contributed by atoms with Crippen LogP contribution in [-0.4, -0.2) is 56.3 Å². The highest BCUT2D eigenvalue weighted by Crippen LogP contribution is 2.37. The molecule has 2 aromatic rings. The maximum Gasteiger partial charge on any atom is 0.254 e. The molecule has 4 N–H and O–H groups in total. The molecule has 5 rings (SSSR count). The number of nitrogens with zero attached hydrogens (tertiary/aromatic N) is 1. The molecule has 40 heavy (non-hydrogen) atoms. The zero-order chi connectivity index (χ0) is 28.8. The standard InChI is InChI=1S/C27H30F4N4O4S/c28-20-11-23(31)25(40(38,39)34-15-4-5-15)10-19(20)27(37)33-13-16-2-1-7-35(16)26(36)12-24(32)17-6-3-14-8-21(29)22(30)9-18(14)17/h8-11,15-17,24,34H,1-7,12-13,32H2,(H,33,37). The first kappa shape index (κ1) is 28.5. The lowest BCUT2D eigenvalue weighted by atomic mass is 9.91. The number of benzene rings is 2. The minimum Gasteiger partial charge on any atom is -0.350 e. The van der Waals surface area contributed by atoms with E-state index in [9.17, 15) is 35.6 Å². The summed E-state index contributed by atoms with van der Waals surface area (Å²) in [5, 5.41) is 2.53. The average molecular weight is 583 g/mol. The normalized spacial score (nSPS) is 21.4. The van der Waals surface area contributed by atoms with Crippen LogP contribution in [0.25, 0.3) is 0 Å². The Morgan fingerprint density at radius 2 is 1.70 bits per heavy atom. The molecule has 8 nitrogen and oxygen atoms in total. The van der Waals surface area contributed by atoms with Gasteiger partial charge in [-0.2, -0.15) is 0 Å². The van der Waals surface area contributed by atoms with E-state index in [1.165, 1.54) is 6.07 Å². The van der Waals surface area contributed by atoms with Crippen molar-refractivity contribution in [1.82, 2.24) is 14.9 Å². The van der Waals surface area contributed by atoms with E-state index in [1.54, 1.807) is 4.90 Å². The van der Waals surface area contributed by atoms with Gasteiger partial charge in [0, 0.05) is 49.6 Å². The fourth-order valence-electron chi connectivity index (χ4n) is 5.61. The Hall–Kier alpha value is -3.03. The summed E-state index contributed by atoms with van der Waals surface area (Å²) in [6, 6.07) is 2.03. The van der Waals surface area contributed by atoms with Crippen molar-refractivity contribution in [2.24, 2.45) is 5.73 Å². The number of likely N-dealkylation sites (tertiary alicyclic amines) is 1. The van der Waals surface area contributed by atoms with Crippen molar-refractivity contribution in [3.8, 4) is 0 Å². The molecule has 1 aliphatic heterocycles. The predicted octanol–water partition coefficient (Wildman–Crippen LogP) is 2.85. The molecule has 3 atom stereocenters. The van der Waals surface area contributed by atoms with Gasteiger partial charge >= 0.3 is 0 Å². The number of carbonyl (C=O) groups excluding carboxylic acids is 2. The molecule has 216 valence electrons. The smallest absolute Gasteiger partial charge is 0.254 e. The van der Waals surface area contributed by atoms with Crippen LogP contribution in [-0.2, 0) is 21.2 Å². The Morgan fingerprint density at radius 1 is 0.975 bits per heavy atom. The summed E-state index contributed by atoms with van der Waals surface area (Å²) in [5.41, 5.74) is 7.01. The van der Waals surface area contributed by atoms with Gasteiger partial charge in [-0.25, -0.2) is 30.7 Å². The zero-order valence-corrected chi connectivity index (χ0v) is 22.4. The monoisotopic (exact) mass is 582 g/mol. The van der Waals surface area contributed by atoms with Crippen LogP contribution in [0, 0.1) is 23.3 Å². The molecule has 1 saturated carbocycles. The molecule has 3 aliphatic rings. The van der Waals surface area contributed by atoms with Gasteiger partial charge in [0.2, 0.25) is 15.9 Å². The highest BCUT2D eigenvalue weighted by Gasteiger charge is 2.35. The molecule has 2 fully saturated rings. The highest BCUT2D eigenvalue weighted by atomic mass is 32.2. The Bertz CT molecular complexity index is 1450. The average Bonchev–Trinajstić information content (AvgIpc) is 3.39. The van der Waals surface area contributed by atoms with Gasteiger partial charge in [-0.3, -0.25) is 9.59 Å². The van der Waals surface area contributed by atoms with E-state index in [4.69, 9.17) is 5.73 Å². The summed E-state index contributed by atoms with van der Waals surface area (Å²) in [6.07, 6.45) is 3.54. The summed E-state index contributed by atoms with van der Waals surface area (Å²) in [4.78, 5) is 26.7. The maximum atomic E-state index is 14.5. The van der Waals surface area contributed by atoms with Crippen LogP contribution in [0.1, 0.15) is 65.9 Å². The van der Waals surface area contributed by atoms with E-state index in [1.807, 2.05) is 0 Å². The van der Waals surface area contributed by atoms with Crippen molar-refractivity contribution >= 4 is 21.8 Å². The Labute approximate surface area is 229 Å². The quantitative estimate of drug-likeness (QED) is 0.393. The van der Waals surface area contributed by atoms with E-state index < -0.39 is 61.7 Å². The third kappa shape index (κ3) is 5.86. The van der Waals surface area contributed by atoms with E-state index >= 15 is 0 Å². The van der Waals surface area contributed by atoms with Gasteiger partial charge in [-0.1, -0.05) is 0 Å². The molecule has 13 heteroatoms. The second-order valence-corrected chi connectivity index (χ2v) is 12.4. The Kier molecular flexibility index (Phi) is 7.90. The maximum absolute atomic E-state index is 14.5. The zero-order valence-electron chi connectivity index (χ0n) is 21.6. The molecule has 1 saturated heterocycles. The second kappa shape index (κ2) is 11.1. The van der Waals surface area contributed by atoms with Gasteiger partial charge in [-0.15, -0.1) is 0 Å². The van der Waals surface area contributed by atoms with E-state index in [0.717, 1.165) is 6.07 Å². The van der Waals surface area contributed by atoms with Crippen LogP contribution in [0.15, 0.2) is 29.2 Å². The first-order valence-electron chi connectivity index (χ1n) is 13.3. The van der Waals surface area contributed by atoms with Crippen LogP contribution >= 0.6 is 0 Å². The number of nitrogens with one attached hydrogen (secondary N) is 2.